The third-order valence-corrected chi connectivity index (χ3v) is 4.82. The molecule has 3 rings (SSSR count). The van der Waals surface area contributed by atoms with Crippen LogP contribution in [-0.2, 0) is 9.53 Å². The maximum atomic E-state index is 12.1. The molecule has 1 aliphatic carbocycles. The maximum absolute atomic E-state index is 12.1. The van der Waals surface area contributed by atoms with Gasteiger partial charge in [0.2, 0.25) is 5.91 Å². The highest BCUT2D eigenvalue weighted by Gasteiger charge is 2.36. The van der Waals surface area contributed by atoms with E-state index in [0.717, 1.165) is 44.1 Å². The molecule has 3 aliphatic rings. The quantitative estimate of drug-likeness (QED) is 0.772. The summed E-state index contributed by atoms with van der Waals surface area (Å²) in [6, 6.07) is 0.373. The Morgan fingerprint density at radius 2 is 2.00 bits per heavy atom. The van der Waals surface area contributed by atoms with E-state index in [1.807, 2.05) is 6.92 Å². The van der Waals surface area contributed by atoms with Crippen molar-refractivity contribution in [2.75, 3.05) is 13.1 Å². The average molecular weight is 252 g/mol. The fourth-order valence-electron chi connectivity index (χ4n) is 3.72. The highest BCUT2D eigenvalue weighted by molar-refractivity contribution is 5.81. The molecule has 4 nitrogen and oxygen atoms in total. The van der Waals surface area contributed by atoms with Crippen molar-refractivity contribution in [3.05, 3.63) is 0 Å². The minimum atomic E-state index is -0.195. The Morgan fingerprint density at radius 1 is 1.17 bits per heavy atom. The van der Waals surface area contributed by atoms with Crippen LogP contribution in [0.3, 0.4) is 0 Å². The van der Waals surface area contributed by atoms with Crippen LogP contribution >= 0.6 is 0 Å². The van der Waals surface area contributed by atoms with Crippen LogP contribution in [0.2, 0.25) is 0 Å². The predicted octanol–water partition coefficient (Wildman–Crippen LogP) is 1.06. The number of nitrogens with one attached hydrogen (secondary N) is 2. The van der Waals surface area contributed by atoms with Crippen molar-refractivity contribution in [2.24, 2.45) is 11.8 Å². The number of carbonyl (C=O) groups is 1. The molecule has 2 saturated heterocycles. The Hall–Kier alpha value is -0.610. The number of amides is 1. The van der Waals surface area contributed by atoms with Gasteiger partial charge in [0.25, 0.3) is 0 Å². The average Bonchev–Trinajstić information content (AvgIpc) is 2.96. The van der Waals surface area contributed by atoms with Gasteiger partial charge in [-0.3, -0.25) is 4.79 Å². The van der Waals surface area contributed by atoms with Crippen LogP contribution in [0.25, 0.3) is 0 Å². The zero-order valence-corrected chi connectivity index (χ0v) is 11.2. The molecular weight excluding hydrogens is 228 g/mol. The number of hydrogen-bond donors (Lipinski definition) is 2. The number of fused-ring (bicyclic) bond motifs is 1. The Balaban J connectivity index is 1.49. The van der Waals surface area contributed by atoms with Gasteiger partial charge >= 0.3 is 0 Å². The van der Waals surface area contributed by atoms with E-state index >= 15 is 0 Å². The smallest absolute Gasteiger partial charge is 0.249 e. The number of rotatable bonds is 2. The molecule has 4 heteroatoms. The standard InChI is InChI=1S/C14H24N2O2/c1-9-2-5-13(18-9)14(17)16-12-4-3-10-7-15-8-11(10)6-12/h9-13,15H,2-8H2,1H3,(H,16,17)/t9?,10-,11+,12?,13?/m0/s1. The molecular formula is C14H24N2O2. The van der Waals surface area contributed by atoms with E-state index in [9.17, 15) is 4.79 Å². The van der Waals surface area contributed by atoms with Crippen LogP contribution in [-0.4, -0.2) is 37.2 Å². The number of carbonyl (C=O) groups excluding carboxylic acids is 1. The van der Waals surface area contributed by atoms with Crippen molar-refractivity contribution in [3.8, 4) is 0 Å². The van der Waals surface area contributed by atoms with E-state index in [2.05, 4.69) is 10.6 Å². The molecule has 0 spiro atoms. The fraction of sp³-hybridized carbons (Fsp3) is 0.929. The monoisotopic (exact) mass is 252 g/mol. The van der Waals surface area contributed by atoms with Crippen molar-refractivity contribution < 1.29 is 9.53 Å². The summed E-state index contributed by atoms with van der Waals surface area (Å²) in [5, 5.41) is 6.66. The Bertz CT molecular complexity index is 321. The van der Waals surface area contributed by atoms with Gasteiger partial charge in [-0.25, -0.2) is 0 Å². The first kappa shape index (κ1) is 12.4. The van der Waals surface area contributed by atoms with Gasteiger partial charge in [0, 0.05) is 6.04 Å². The highest BCUT2D eigenvalue weighted by atomic mass is 16.5. The number of hydrogen-bond acceptors (Lipinski definition) is 3. The predicted molar refractivity (Wildman–Crippen MR) is 69.2 cm³/mol. The van der Waals surface area contributed by atoms with Crippen molar-refractivity contribution in [1.29, 1.82) is 0 Å². The van der Waals surface area contributed by atoms with Gasteiger partial charge < -0.3 is 15.4 Å². The number of ether oxygens (including phenoxy) is 1. The van der Waals surface area contributed by atoms with Crippen molar-refractivity contribution >= 4 is 5.91 Å². The first-order valence-electron chi connectivity index (χ1n) is 7.39. The van der Waals surface area contributed by atoms with Crippen molar-refractivity contribution in [1.82, 2.24) is 10.6 Å². The lowest BCUT2D eigenvalue weighted by atomic mass is 9.79. The van der Waals surface area contributed by atoms with Crippen LogP contribution in [0, 0.1) is 11.8 Å². The van der Waals surface area contributed by atoms with E-state index in [1.54, 1.807) is 0 Å². The zero-order valence-electron chi connectivity index (χ0n) is 11.2. The van der Waals surface area contributed by atoms with Crippen LogP contribution in [0.1, 0.15) is 39.0 Å². The topological polar surface area (TPSA) is 50.4 Å². The van der Waals surface area contributed by atoms with Crippen LogP contribution in [0.5, 0.6) is 0 Å². The van der Waals surface area contributed by atoms with Crippen LogP contribution in [0.15, 0.2) is 0 Å². The summed E-state index contributed by atoms with van der Waals surface area (Å²) in [5.74, 6) is 1.74. The molecule has 0 bridgehead atoms. The van der Waals surface area contributed by atoms with E-state index in [0.29, 0.717) is 6.04 Å². The van der Waals surface area contributed by atoms with E-state index in [4.69, 9.17) is 4.74 Å². The summed E-state index contributed by atoms with van der Waals surface area (Å²) in [5.41, 5.74) is 0. The largest absolute Gasteiger partial charge is 0.365 e. The molecule has 5 atom stereocenters. The van der Waals surface area contributed by atoms with Gasteiger partial charge in [-0.15, -0.1) is 0 Å². The SMILES string of the molecule is CC1CCC(C(=O)NC2CC[C@H]3CNC[C@H]3C2)O1. The summed E-state index contributed by atoms with van der Waals surface area (Å²) in [6.45, 7) is 4.35. The second-order valence-electron chi connectivity index (χ2n) is 6.21. The summed E-state index contributed by atoms with van der Waals surface area (Å²) in [7, 11) is 0. The third-order valence-electron chi connectivity index (χ3n) is 4.82. The van der Waals surface area contributed by atoms with Gasteiger partial charge in [-0.2, -0.15) is 0 Å². The molecule has 0 aromatic heterocycles. The van der Waals surface area contributed by atoms with E-state index in [-0.39, 0.29) is 18.1 Å². The zero-order chi connectivity index (χ0) is 12.5. The van der Waals surface area contributed by atoms with Gasteiger partial charge in [0.05, 0.1) is 6.10 Å². The molecule has 2 aliphatic heterocycles. The minimum absolute atomic E-state index is 0.119. The van der Waals surface area contributed by atoms with Crippen LogP contribution in [0.4, 0.5) is 0 Å². The van der Waals surface area contributed by atoms with Crippen molar-refractivity contribution in [3.63, 3.8) is 0 Å². The molecule has 2 N–H and O–H groups in total. The molecule has 0 radical (unpaired) electrons. The molecule has 102 valence electrons. The van der Waals surface area contributed by atoms with Gasteiger partial charge in [-0.05, 0) is 64.0 Å². The van der Waals surface area contributed by atoms with E-state index in [1.165, 1.54) is 13.0 Å². The molecule has 2 heterocycles. The Labute approximate surface area is 109 Å². The summed E-state index contributed by atoms with van der Waals surface area (Å²) in [6.07, 6.45) is 5.48. The first-order chi connectivity index (χ1) is 8.72. The second kappa shape index (κ2) is 5.17. The molecule has 3 unspecified atom stereocenters. The van der Waals surface area contributed by atoms with Crippen molar-refractivity contribution in [2.45, 2.75) is 57.3 Å². The maximum Gasteiger partial charge on any atom is 0.249 e. The third kappa shape index (κ3) is 2.54. The van der Waals surface area contributed by atoms with Gasteiger partial charge in [-0.1, -0.05) is 0 Å². The summed E-state index contributed by atoms with van der Waals surface area (Å²) >= 11 is 0. The van der Waals surface area contributed by atoms with Gasteiger partial charge in [0.15, 0.2) is 0 Å². The first-order valence-corrected chi connectivity index (χ1v) is 7.39. The molecule has 3 fully saturated rings. The summed E-state index contributed by atoms with van der Waals surface area (Å²) in [4.78, 5) is 12.1. The second-order valence-corrected chi connectivity index (χ2v) is 6.21. The molecule has 18 heavy (non-hydrogen) atoms. The lowest BCUT2D eigenvalue weighted by molar-refractivity contribution is -0.132. The minimum Gasteiger partial charge on any atom is -0.365 e. The summed E-state index contributed by atoms with van der Waals surface area (Å²) < 4.78 is 5.63. The van der Waals surface area contributed by atoms with Crippen LogP contribution < -0.4 is 10.6 Å². The van der Waals surface area contributed by atoms with E-state index < -0.39 is 0 Å². The molecule has 1 saturated carbocycles. The molecule has 0 aromatic carbocycles. The Morgan fingerprint density at radius 3 is 2.78 bits per heavy atom. The molecule has 1 amide bonds. The lowest BCUT2D eigenvalue weighted by Gasteiger charge is -2.32. The fourth-order valence-corrected chi connectivity index (χ4v) is 3.72. The van der Waals surface area contributed by atoms with Gasteiger partial charge in [0.1, 0.15) is 6.10 Å². The molecule has 0 aromatic rings. The lowest BCUT2D eigenvalue weighted by Crippen LogP contribution is -2.44. The highest BCUT2D eigenvalue weighted by Crippen LogP contribution is 2.32. The normalized spacial score (nSPS) is 43.7. The Kier molecular flexibility index (Phi) is 3.57.